The van der Waals surface area contributed by atoms with Crippen LogP contribution in [0, 0.1) is 0 Å². The average molecular weight is 382 g/mol. The van der Waals surface area contributed by atoms with Crippen molar-refractivity contribution in [2.75, 3.05) is 5.32 Å². The zero-order chi connectivity index (χ0) is 18.9. The van der Waals surface area contributed by atoms with Crippen LogP contribution in [0.15, 0.2) is 78.9 Å². The van der Waals surface area contributed by atoms with Gasteiger partial charge in [-0.2, -0.15) is 0 Å². The predicted octanol–water partition coefficient (Wildman–Crippen LogP) is 6.82. The summed E-state index contributed by atoms with van der Waals surface area (Å²) < 4.78 is 1.22. The maximum Gasteiger partial charge on any atom is 0.153 e. The van der Waals surface area contributed by atoms with Gasteiger partial charge >= 0.3 is 0 Å². The molecular formula is C24H19N3S. The number of hydrogen-bond acceptors (Lipinski definition) is 4. The highest BCUT2D eigenvalue weighted by Gasteiger charge is 2.14. The fraction of sp³-hybridized carbons (Fsp3) is 0.0833. The van der Waals surface area contributed by atoms with Crippen LogP contribution < -0.4 is 5.32 Å². The first kappa shape index (κ1) is 16.9. The van der Waals surface area contributed by atoms with Crippen molar-refractivity contribution < 1.29 is 0 Å². The zero-order valence-electron chi connectivity index (χ0n) is 15.5. The molecule has 0 saturated heterocycles. The lowest BCUT2D eigenvalue weighted by atomic mass is 10.0. The molecule has 0 aliphatic rings. The van der Waals surface area contributed by atoms with Gasteiger partial charge in [0.05, 0.1) is 5.69 Å². The van der Waals surface area contributed by atoms with Crippen molar-refractivity contribution in [1.29, 1.82) is 0 Å². The number of aromatic nitrogens is 2. The Morgan fingerprint density at radius 2 is 1.57 bits per heavy atom. The van der Waals surface area contributed by atoms with Gasteiger partial charge in [-0.15, -0.1) is 11.3 Å². The summed E-state index contributed by atoms with van der Waals surface area (Å²) in [5.74, 6) is 0.838. The van der Waals surface area contributed by atoms with Crippen molar-refractivity contribution >= 4 is 43.3 Å². The summed E-state index contributed by atoms with van der Waals surface area (Å²) in [5, 5.41) is 4.74. The van der Waals surface area contributed by atoms with E-state index in [0.29, 0.717) is 0 Å². The Labute approximate surface area is 167 Å². The molecule has 0 unspecified atom stereocenters. The minimum absolute atomic E-state index is 0.822. The third-order valence-corrected chi connectivity index (χ3v) is 5.94. The molecule has 3 aromatic carbocycles. The second-order valence-electron chi connectivity index (χ2n) is 6.66. The number of aryl methyl sites for hydroxylation is 1. The molecule has 0 atom stereocenters. The molecule has 0 amide bonds. The number of fused-ring (bicyclic) bond motifs is 3. The minimum atomic E-state index is 0.822. The SMILES string of the molecule is CCc1nc2c(nc1Nc1ccccc1-c1ccccc1)sc1ccccc12. The summed E-state index contributed by atoms with van der Waals surface area (Å²) in [6, 6.07) is 27.1. The number of hydrogen-bond donors (Lipinski definition) is 1. The van der Waals surface area contributed by atoms with E-state index in [-0.39, 0.29) is 0 Å². The van der Waals surface area contributed by atoms with Crippen molar-refractivity contribution in [3.8, 4) is 11.1 Å². The Morgan fingerprint density at radius 3 is 2.43 bits per heavy atom. The van der Waals surface area contributed by atoms with Gasteiger partial charge in [0, 0.05) is 21.3 Å². The molecule has 0 spiro atoms. The topological polar surface area (TPSA) is 37.8 Å². The van der Waals surface area contributed by atoms with E-state index in [1.807, 2.05) is 12.1 Å². The van der Waals surface area contributed by atoms with Gasteiger partial charge in [0.15, 0.2) is 5.82 Å². The van der Waals surface area contributed by atoms with Crippen LogP contribution in [0.25, 0.3) is 31.6 Å². The molecule has 1 N–H and O–H groups in total. The van der Waals surface area contributed by atoms with Crippen LogP contribution in [0.2, 0.25) is 0 Å². The molecule has 0 aliphatic heterocycles. The smallest absolute Gasteiger partial charge is 0.153 e. The molecule has 136 valence electrons. The number of thiophene rings is 1. The molecule has 3 nitrogen and oxygen atoms in total. The van der Waals surface area contributed by atoms with Crippen molar-refractivity contribution in [2.24, 2.45) is 0 Å². The number of para-hydroxylation sites is 1. The molecule has 2 heterocycles. The lowest BCUT2D eigenvalue weighted by molar-refractivity contribution is 1.04. The van der Waals surface area contributed by atoms with Gasteiger partial charge in [-0.05, 0) is 24.1 Å². The summed E-state index contributed by atoms with van der Waals surface area (Å²) >= 11 is 1.69. The Hall–Kier alpha value is -3.24. The van der Waals surface area contributed by atoms with Crippen LogP contribution in [0.1, 0.15) is 12.6 Å². The van der Waals surface area contributed by atoms with Gasteiger partial charge < -0.3 is 5.32 Å². The fourth-order valence-electron chi connectivity index (χ4n) is 3.49. The van der Waals surface area contributed by atoms with Crippen LogP contribution in [-0.2, 0) is 6.42 Å². The summed E-state index contributed by atoms with van der Waals surface area (Å²) in [4.78, 5) is 10.9. The van der Waals surface area contributed by atoms with Crippen molar-refractivity contribution in [3.63, 3.8) is 0 Å². The standard InChI is InChI=1S/C24H19N3S/c1-2-19-23(27-24-22(25-19)18-13-7-9-15-21(18)28-24)26-20-14-8-6-12-17(20)16-10-4-3-5-11-16/h3-15H,2H2,1H3,(H,26,27). The first-order valence-electron chi connectivity index (χ1n) is 9.43. The molecule has 0 fully saturated rings. The molecule has 5 rings (SSSR count). The zero-order valence-corrected chi connectivity index (χ0v) is 16.3. The second-order valence-corrected chi connectivity index (χ2v) is 7.69. The Morgan fingerprint density at radius 1 is 0.821 bits per heavy atom. The van der Waals surface area contributed by atoms with Gasteiger partial charge in [-0.1, -0.05) is 73.7 Å². The highest BCUT2D eigenvalue weighted by Crippen LogP contribution is 2.35. The van der Waals surface area contributed by atoms with E-state index in [1.165, 1.54) is 15.6 Å². The Balaban J connectivity index is 1.64. The van der Waals surface area contributed by atoms with Crippen LogP contribution in [0.3, 0.4) is 0 Å². The first-order valence-corrected chi connectivity index (χ1v) is 10.2. The van der Waals surface area contributed by atoms with Crippen molar-refractivity contribution in [2.45, 2.75) is 13.3 Å². The number of rotatable bonds is 4. The molecule has 0 aliphatic carbocycles. The number of anilines is 2. The molecular weight excluding hydrogens is 362 g/mol. The van der Waals surface area contributed by atoms with Crippen molar-refractivity contribution in [3.05, 3.63) is 84.6 Å². The third-order valence-electron chi connectivity index (χ3n) is 4.88. The van der Waals surface area contributed by atoms with Gasteiger partial charge in [0.1, 0.15) is 10.3 Å². The molecule has 5 aromatic rings. The number of nitrogens with zero attached hydrogens (tertiary/aromatic N) is 2. The maximum absolute atomic E-state index is 4.97. The first-order chi connectivity index (χ1) is 13.8. The largest absolute Gasteiger partial charge is 0.338 e. The Bertz CT molecular complexity index is 1280. The molecule has 2 aromatic heterocycles. The van der Waals surface area contributed by atoms with E-state index in [2.05, 4.69) is 79.0 Å². The molecule has 0 radical (unpaired) electrons. The van der Waals surface area contributed by atoms with Crippen LogP contribution in [0.4, 0.5) is 11.5 Å². The van der Waals surface area contributed by atoms with E-state index in [1.54, 1.807) is 11.3 Å². The van der Waals surface area contributed by atoms with Crippen molar-refractivity contribution in [1.82, 2.24) is 9.97 Å². The summed E-state index contributed by atoms with van der Waals surface area (Å²) in [6.07, 6.45) is 0.822. The van der Waals surface area contributed by atoms with E-state index in [4.69, 9.17) is 9.97 Å². The Kier molecular flexibility index (Phi) is 4.26. The number of nitrogens with one attached hydrogen (secondary N) is 1. The van der Waals surface area contributed by atoms with Crippen LogP contribution in [-0.4, -0.2) is 9.97 Å². The van der Waals surface area contributed by atoms with Gasteiger partial charge in [0.25, 0.3) is 0 Å². The molecule has 0 bridgehead atoms. The van der Waals surface area contributed by atoms with Gasteiger partial charge in [0.2, 0.25) is 0 Å². The monoisotopic (exact) mass is 381 g/mol. The maximum atomic E-state index is 4.97. The van der Waals surface area contributed by atoms with E-state index in [9.17, 15) is 0 Å². The van der Waals surface area contributed by atoms with E-state index < -0.39 is 0 Å². The lowest BCUT2D eigenvalue weighted by Crippen LogP contribution is -2.02. The fourth-order valence-corrected chi connectivity index (χ4v) is 4.51. The highest BCUT2D eigenvalue weighted by atomic mass is 32.1. The quantitative estimate of drug-likeness (QED) is 0.371. The van der Waals surface area contributed by atoms with Gasteiger partial charge in [-0.25, -0.2) is 9.97 Å². The lowest BCUT2D eigenvalue weighted by Gasteiger charge is -2.14. The van der Waals surface area contributed by atoms with Crippen LogP contribution in [0.5, 0.6) is 0 Å². The third kappa shape index (κ3) is 2.92. The predicted molar refractivity (Wildman–Crippen MR) is 119 cm³/mol. The molecule has 4 heteroatoms. The number of benzene rings is 3. The molecule has 28 heavy (non-hydrogen) atoms. The van der Waals surface area contributed by atoms with E-state index >= 15 is 0 Å². The summed E-state index contributed by atoms with van der Waals surface area (Å²) in [5.41, 5.74) is 5.36. The van der Waals surface area contributed by atoms with Crippen LogP contribution >= 0.6 is 11.3 Å². The summed E-state index contributed by atoms with van der Waals surface area (Å²) in [7, 11) is 0. The normalized spacial score (nSPS) is 11.2. The molecule has 0 saturated carbocycles. The minimum Gasteiger partial charge on any atom is -0.338 e. The second kappa shape index (κ2) is 7.06. The highest BCUT2D eigenvalue weighted by molar-refractivity contribution is 7.25. The summed E-state index contributed by atoms with van der Waals surface area (Å²) in [6.45, 7) is 2.12. The van der Waals surface area contributed by atoms with Gasteiger partial charge in [-0.3, -0.25) is 0 Å². The van der Waals surface area contributed by atoms with E-state index in [0.717, 1.165) is 39.5 Å². The average Bonchev–Trinajstić information content (AvgIpc) is 3.11.